The van der Waals surface area contributed by atoms with Gasteiger partial charge in [0.2, 0.25) is 0 Å². The fourth-order valence-electron chi connectivity index (χ4n) is 2.95. The minimum absolute atomic E-state index is 0.0383. The summed E-state index contributed by atoms with van der Waals surface area (Å²) in [6.45, 7) is 1.07. The highest BCUT2D eigenvalue weighted by Gasteiger charge is 2.38. The van der Waals surface area contributed by atoms with E-state index in [4.69, 9.17) is 25.9 Å². The van der Waals surface area contributed by atoms with Gasteiger partial charge in [0.15, 0.2) is 17.2 Å². The SMILES string of the molecule is COc1cc(Cl)ccc1Oc1nnc(C(F)(F)F)c(C)c1C(=O)Nc1cccc(S(C)(=N)=O)c1. The molecule has 34 heavy (non-hydrogen) atoms. The molecule has 8 nitrogen and oxygen atoms in total. The third-order valence-electron chi connectivity index (χ3n) is 4.55. The third kappa shape index (κ3) is 5.57. The molecule has 2 aromatic carbocycles. The average molecular weight is 515 g/mol. The van der Waals surface area contributed by atoms with Crippen LogP contribution in [-0.4, -0.2) is 33.7 Å². The number of nitrogens with one attached hydrogen (secondary N) is 2. The van der Waals surface area contributed by atoms with Crippen LogP contribution in [0.4, 0.5) is 18.9 Å². The molecule has 3 aromatic rings. The van der Waals surface area contributed by atoms with Gasteiger partial charge >= 0.3 is 6.18 Å². The Morgan fingerprint density at radius 2 is 1.85 bits per heavy atom. The molecular formula is C21H18ClF3N4O4S. The molecule has 0 bridgehead atoms. The molecule has 1 atom stereocenters. The maximum Gasteiger partial charge on any atom is 0.435 e. The van der Waals surface area contributed by atoms with E-state index in [9.17, 15) is 22.2 Å². The molecule has 1 heterocycles. The molecule has 3 rings (SSSR count). The standard InChI is InChI=1S/C21H18ClF3N4O4S/c1-11-17(19(30)27-13-5-4-6-14(10-13)34(3,26)31)20(29-28-18(11)21(23,24)25)33-15-8-7-12(22)9-16(15)32-2/h4-10,26H,1-3H3,(H,27,30). The molecule has 0 aliphatic heterocycles. The maximum absolute atomic E-state index is 13.5. The molecule has 180 valence electrons. The number of ether oxygens (including phenoxy) is 2. The molecule has 0 spiro atoms. The minimum atomic E-state index is -4.87. The number of hydrogen-bond donors (Lipinski definition) is 2. The summed E-state index contributed by atoms with van der Waals surface area (Å²) in [6.07, 6.45) is -3.67. The maximum atomic E-state index is 13.5. The Morgan fingerprint density at radius 3 is 2.47 bits per heavy atom. The van der Waals surface area contributed by atoms with E-state index in [1.165, 1.54) is 55.8 Å². The molecule has 2 N–H and O–H groups in total. The fourth-order valence-corrected chi connectivity index (χ4v) is 3.80. The van der Waals surface area contributed by atoms with E-state index in [-0.39, 0.29) is 22.1 Å². The van der Waals surface area contributed by atoms with Crippen molar-refractivity contribution < 1.29 is 31.6 Å². The van der Waals surface area contributed by atoms with Gasteiger partial charge in [-0.25, -0.2) is 8.99 Å². The Bertz CT molecular complexity index is 1360. The number of benzene rings is 2. The molecule has 0 radical (unpaired) electrons. The zero-order valence-electron chi connectivity index (χ0n) is 18.0. The lowest BCUT2D eigenvalue weighted by Gasteiger charge is -2.17. The van der Waals surface area contributed by atoms with Crippen molar-refractivity contribution in [3.63, 3.8) is 0 Å². The number of alkyl halides is 3. The Balaban J connectivity index is 2.09. The van der Waals surface area contributed by atoms with Crippen LogP contribution in [0.2, 0.25) is 5.02 Å². The Labute approximate surface area is 198 Å². The quantitative estimate of drug-likeness (QED) is 0.446. The summed E-state index contributed by atoms with van der Waals surface area (Å²) in [5.74, 6) is -1.29. The molecule has 0 aliphatic carbocycles. The number of halogens is 4. The summed E-state index contributed by atoms with van der Waals surface area (Å²) in [4.78, 5) is 13.2. The van der Waals surface area contributed by atoms with Crippen molar-refractivity contribution in [1.82, 2.24) is 10.2 Å². The van der Waals surface area contributed by atoms with Crippen LogP contribution in [0.3, 0.4) is 0 Å². The van der Waals surface area contributed by atoms with Crippen LogP contribution in [0, 0.1) is 11.7 Å². The van der Waals surface area contributed by atoms with Crippen LogP contribution in [0.15, 0.2) is 47.4 Å². The van der Waals surface area contributed by atoms with Gasteiger partial charge in [-0.2, -0.15) is 13.2 Å². The molecule has 0 saturated heterocycles. The van der Waals surface area contributed by atoms with E-state index in [2.05, 4.69) is 15.5 Å². The summed E-state index contributed by atoms with van der Waals surface area (Å²) < 4.78 is 70.9. The van der Waals surface area contributed by atoms with Crippen LogP contribution in [0.5, 0.6) is 17.4 Å². The predicted molar refractivity (Wildman–Crippen MR) is 119 cm³/mol. The van der Waals surface area contributed by atoms with Gasteiger partial charge in [0.1, 0.15) is 5.56 Å². The van der Waals surface area contributed by atoms with Crippen molar-refractivity contribution in [2.24, 2.45) is 0 Å². The van der Waals surface area contributed by atoms with Crippen LogP contribution < -0.4 is 14.8 Å². The fraction of sp³-hybridized carbons (Fsp3) is 0.190. The largest absolute Gasteiger partial charge is 0.493 e. The first-order valence-electron chi connectivity index (χ1n) is 9.42. The molecular weight excluding hydrogens is 497 g/mol. The Morgan fingerprint density at radius 1 is 1.15 bits per heavy atom. The lowest BCUT2D eigenvalue weighted by Crippen LogP contribution is -2.21. The number of methoxy groups -OCH3 is 1. The zero-order chi connectivity index (χ0) is 25.3. The third-order valence-corrected chi connectivity index (χ3v) is 5.94. The molecule has 13 heteroatoms. The summed E-state index contributed by atoms with van der Waals surface area (Å²) in [5, 5.41) is 9.46. The van der Waals surface area contributed by atoms with E-state index in [0.717, 1.165) is 6.92 Å². The Kier molecular flexibility index (Phi) is 7.03. The van der Waals surface area contributed by atoms with Gasteiger partial charge in [0, 0.05) is 27.9 Å². The number of amides is 1. The van der Waals surface area contributed by atoms with Crippen LogP contribution in [0.25, 0.3) is 0 Å². The van der Waals surface area contributed by atoms with Gasteiger partial charge in [-0.05, 0) is 42.8 Å². The summed E-state index contributed by atoms with van der Waals surface area (Å²) in [6, 6.07) is 9.89. The highest BCUT2D eigenvalue weighted by Crippen LogP contribution is 2.38. The molecule has 0 fully saturated rings. The lowest BCUT2D eigenvalue weighted by molar-refractivity contribution is -0.142. The van der Waals surface area contributed by atoms with E-state index in [1.54, 1.807) is 0 Å². The van der Waals surface area contributed by atoms with Gasteiger partial charge < -0.3 is 14.8 Å². The smallest absolute Gasteiger partial charge is 0.435 e. The molecule has 1 unspecified atom stereocenters. The summed E-state index contributed by atoms with van der Waals surface area (Å²) >= 11 is 5.92. The van der Waals surface area contributed by atoms with Gasteiger partial charge in [-0.15, -0.1) is 10.2 Å². The lowest BCUT2D eigenvalue weighted by atomic mass is 10.1. The Hall–Kier alpha value is -3.38. The molecule has 0 saturated carbocycles. The number of carbonyl (C=O) groups is 1. The summed E-state index contributed by atoms with van der Waals surface area (Å²) in [7, 11) is -1.76. The second-order valence-corrected chi connectivity index (χ2v) is 9.67. The van der Waals surface area contributed by atoms with Crippen molar-refractivity contribution in [1.29, 1.82) is 4.78 Å². The normalized spacial score (nSPS) is 13.1. The van der Waals surface area contributed by atoms with Gasteiger partial charge in [-0.1, -0.05) is 17.7 Å². The first-order chi connectivity index (χ1) is 15.8. The van der Waals surface area contributed by atoms with Crippen LogP contribution in [-0.2, 0) is 15.9 Å². The highest BCUT2D eigenvalue weighted by atomic mass is 35.5. The van der Waals surface area contributed by atoms with Crippen molar-refractivity contribution in [2.75, 3.05) is 18.7 Å². The first kappa shape index (κ1) is 25.2. The van der Waals surface area contributed by atoms with Gasteiger partial charge in [0.25, 0.3) is 11.8 Å². The number of nitrogens with zero attached hydrogens (tertiary/aromatic N) is 2. The van der Waals surface area contributed by atoms with Gasteiger partial charge in [0.05, 0.1) is 16.8 Å². The van der Waals surface area contributed by atoms with Crippen molar-refractivity contribution >= 4 is 32.9 Å². The van der Waals surface area contributed by atoms with E-state index < -0.39 is 44.5 Å². The number of rotatable bonds is 6. The predicted octanol–water partition coefficient (Wildman–Crippen LogP) is 5.55. The van der Waals surface area contributed by atoms with Crippen LogP contribution in [0.1, 0.15) is 21.6 Å². The average Bonchev–Trinajstić information content (AvgIpc) is 2.73. The topological polar surface area (TPSA) is 114 Å². The molecule has 1 aromatic heterocycles. The summed E-state index contributed by atoms with van der Waals surface area (Å²) in [5.41, 5.74) is -2.28. The number of anilines is 1. The highest BCUT2D eigenvalue weighted by molar-refractivity contribution is 7.91. The second kappa shape index (κ2) is 9.47. The molecule has 1 amide bonds. The van der Waals surface area contributed by atoms with Crippen molar-refractivity contribution in [2.45, 2.75) is 18.0 Å². The first-order valence-corrected chi connectivity index (χ1v) is 11.8. The number of hydrogen-bond acceptors (Lipinski definition) is 7. The van der Waals surface area contributed by atoms with E-state index in [0.29, 0.717) is 5.02 Å². The second-order valence-electron chi connectivity index (χ2n) is 7.07. The van der Waals surface area contributed by atoms with Crippen molar-refractivity contribution in [3.05, 3.63) is 64.3 Å². The monoisotopic (exact) mass is 514 g/mol. The molecule has 0 aliphatic rings. The van der Waals surface area contributed by atoms with E-state index >= 15 is 0 Å². The minimum Gasteiger partial charge on any atom is -0.493 e. The van der Waals surface area contributed by atoms with Gasteiger partial charge in [-0.3, -0.25) is 4.79 Å². The van der Waals surface area contributed by atoms with Crippen molar-refractivity contribution in [3.8, 4) is 17.4 Å². The van der Waals surface area contributed by atoms with E-state index in [1.807, 2.05) is 0 Å². The van der Waals surface area contributed by atoms with Crippen LogP contribution >= 0.6 is 11.6 Å². The number of carbonyl (C=O) groups excluding carboxylic acids is 1. The zero-order valence-corrected chi connectivity index (χ0v) is 19.6. The number of aromatic nitrogens is 2.